The lowest BCUT2D eigenvalue weighted by atomic mass is 9.89. The average molecular weight is 414 g/mol. The number of benzene rings is 1. The van der Waals surface area contributed by atoms with Crippen LogP contribution in [-0.4, -0.2) is 28.0 Å². The molecule has 0 spiro atoms. The number of hydrogen-bond acceptors (Lipinski definition) is 6. The highest BCUT2D eigenvalue weighted by Gasteiger charge is 2.41. The Kier molecular flexibility index (Phi) is 5.05. The minimum Gasteiger partial charge on any atom is -0.372 e. The zero-order valence-electron chi connectivity index (χ0n) is 16.5. The highest BCUT2D eigenvalue weighted by atomic mass is 32.2. The summed E-state index contributed by atoms with van der Waals surface area (Å²) in [7, 11) is 0. The van der Waals surface area contributed by atoms with Crippen LogP contribution >= 0.6 is 23.5 Å². The maximum absolute atomic E-state index is 4.62. The zero-order chi connectivity index (χ0) is 19.1. The van der Waals surface area contributed by atoms with E-state index in [1.165, 1.54) is 48.4 Å². The van der Waals surface area contributed by atoms with Crippen molar-refractivity contribution < 1.29 is 0 Å². The highest BCUT2D eigenvalue weighted by molar-refractivity contribution is 8.07. The molecule has 0 N–H and O–H groups in total. The third-order valence-electron chi connectivity index (χ3n) is 6.07. The van der Waals surface area contributed by atoms with Gasteiger partial charge in [-0.3, -0.25) is 5.01 Å². The molecular weight excluding hydrogens is 386 g/mol. The van der Waals surface area contributed by atoms with Crippen LogP contribution in [-0.2, 0) is 0 Å². The van der Waals surface area contributed by atoms with Gasteiger partial charge in [0.15, 0.2) is 5.82 Å². The smallest absolute Gasteiger partial charge is 0.216 e. The molecule has 28 heavy (non-hydrogen) atoms. The molecule has 5 nitrogen and oxygen atoms in total. The van der Waals surface area contributed by atoms with E-state index in [0.717, 1.165) is 24.1 Å². The van der Waals surface area contributed by atoms with Crippen LogP contribution < -0.4 is 9.91 Å². The summed E-state index contributed by atoms with van der Waals surface area (Å²) in [6, 6.07) is 9.10. The fourth-order valence-corrected chi connectivity index (χ4v) is 6.77. The molecule has 5 rings (SSSR count). The summed E-state index contributed by atoms with van der Waals surface area (Å²) in [5.41, 5.74) is 2.64. The van der Waals surface area contributed by atoms with E-state index < -0.39 is 0 Å². The van der Waals surface area contributed by atoms with Gasteiger partial charge in [0.05, 0.1) is 0 Å². The van der Waals surface area contributed by atoms with Crippen LogP contribution in [0.4, 0.5) is 5.69 Å². The van der Waals surface area contributed by atoms with Crippen molar-refractivity contribution in [2.45, 2.75) is 62.4 Å². The van der Waals surface area contributed by atoms with Gasteiger partial charge < -0.3 is 4.90 Å². The monoisotopic (exact) mass is 413 g/mol. The van der Waals surface area contributed by atoms with Crippen molar-refractivity contribution in [2.24, 2.45) is 0 Å². The van der Waals surface area contributed by atoms with Crippen molar-refractivity contribution in [2.75, 3.05) is 23.0 Å². The summed E-state index contributed by atoms with van der Waals surface area (Å²) >= 11 is 3.64. The second-order valence-electron chi connectivity index (χ2n) is 7.64. The number of nitrogens with zero attached hydrogens (tertiary/aromatic N) is 5. The van der Waals surface area contributed by atoms with Gasteiger partial charge in [0.2, 0.25) is 5.16 Å². The summed E-state index contributed by atoms with van der Waals surface area (Å²) in [6.07, 6.45) is 6.47. The number of thioether (sulfide) groups is 2. The van der Waals surface area contributed by atoms with Crippen molar-refractivity contribution >= 4 is 29.2 Å². The van der Waals surface area contributed by atoms with E-state index in [1.54, 1.807) is 11.8 Å². The minimum absolute atomic E-state index is 0.257. The first kappa shape index (κ1) is 18.4. The van der Waals surface area contributed by atoms with Gasteiger partial charge in [0, 0.05) is 30.1 Å². The molecule has 3 heterocycles. The molecule has 1 fully saturated rings. The van der Waals surface area contributed by atoms with Gasteiger partial charge in [-0.1, -0.05) is 43.2 Å². The number of rotatable bonds is 5. The number of anilines is 1. The molecule has 7 heteroatoms. The Balaban J connectivity index is 1.44. The molecular formula is C21H27N5S2. The first-order valence-electron chi connectivity index (χ1n) is 10.4. The molecule has 1 aromatic carbocycles. The molecule has 1 atom stereocenters. The van der Waals surface area contributed by atoms with Crippen LogP contribution in [0.3, 0.4) is 0 Å². The van der Waals surface area contributed by atoms with Gasteiger partial charge in [-0.2, -0.15) is 0 Å². The largest absolute Gasteiger partial charge is 0.372 e. The summed E-state index contributed by atoms with van der Waals surface area (Å²) < 4.78 is 2.31. The Hall–Kier alpha value is -1.60. The molecule has 3 aliphatic rings. The van der Waals surface area contributed by atoms with Crippen LogP contribution in [0.25, 0.3) is 0 Å². The van der Waals surface area contributed by atoms with Gasteiger partial charge in [-0.05, 0) is 56.1 Å². The van der Waals surface area contributed by atoms with Gasteiger partial charge in [-0.15, -0.1) is 10.2 Å². The lowest BCUT2D eigenvalue weighted by Gasteiger charge is -2.29. The average Bonchev–Trinajstić information content (AvgIpc) is 3.42. The first-order chi connectivity index (χ1) is 13.8. The molecule has 1 aliphatic carbocycles. The molecule has 148 valence electrons. The summed E-state index contributed by atoms with van der Waals surface area (Å²) in [6.45, 7) is 6.50. The van der Waals surface area contributed by atoms with Gasteiger partial charge >= 0.3 is 0 Å². The molecule has 2 aliphatic heterocycles. The lowest BCUT2D eigenvalue weighted by molar-refractivity contribution is 0.411. The molecule has 0 bridgehead atoms. The third-order valence-corrected chi connectivity index (χ3v) is 8.26. The standard InChI is InChI=1S/C21H27N5S2/c1-3-24(4-2)17-12-10-16(11-13-17)20-25-18(14-27-20)28-21-23-22-19(26(21)25)15-8-6-5-7-9-15/h10-15,20H,3-9H2,1-2H3. The maximum Gasteiger partial charge on any atom is 0.216 e. The number of aromatic nitrogens is 3. The van der Waals surface area contributed by atoms with E-state index >= 15 is 0 Å². The third kappa shape index (κ3) is 3.03. The normalized spacial score (nSPS) is 21.6. The van der Waals surface area contributed by atoms with Crippen molar-refractivity contribution in [3.05, 3.63) is 46.1 Å². The molecule has 1 saturated carbocycles. The summed E-state index contributed by atoms with van der Waals surface area (Å²) in [5.74, 6) is 1.71. The molecule has 1 aromatic heterocycles. The van der Waals surface area contributed by atoms with Gasteiger partial charge in [0.1, 0.15) is 10.4 Å². The Labute approximate surface area is 175 Å². The molecule has 1 unspecified atom stereocenters. The summed E-state index contributed by atoms with van der Waals surface area (Å²) in [5, 5.41) is 16.4. The zero-order valence-corrected chi connectivity index (χ0v) is 18.2. The summed E-state index contributed by atoms with van der Waals surface area (Å²) in [4.78, 5) is 2.39. The van der Waals surface area contributed by atoms with E-state index in [2.05, 4.69) is 68.3 Å². The molecule has 0 saturated heterocycles. The van der Waals surface area contributed by atoms with Gasteiger partial charge in [0.25, 0.3) is 0 Å². The van der Waals surface area contributed by atoms with Crippen LogP contribution in [0, 0.1) is 0 Å². The van der Waals surface area contributed by atoms with E-state index in [4.69, 9.17) is 0 Å². The fraction of sp³-hybridized carbons (Fsp3) is 0.524. The van der Waals surface area contributed by atoms with E-state index in [1.807, 2.05) is 11.8 Å². The predicted molar refractivity (Wildman–Crippen MR) is 118 cm³/mol. The second-order valence-corrected chi connectivity index (χ2v) is 9.58. The number of fused-ring (bicyclic) bond motifs is 3. The molecule has 0 amide bonds. The highest BCUT2D eigenvalue weighted by Crippen LogP contribution is 2.52. The minimum atomic E-state index is 0.257. The van der Waals surface area contributed by atoms with Crippen molar-refractivity contribution in [1.82, 2.24) is 14.9 Å². The van der Waals surface area contributed by atoms with Crippen molar-refractivity contribution in [3.8, 4) is 0 Å². The van der Waals surface area contributed by atoms with Crippen molar-refractivity contribution in [1.29, 1.82) is 0 Å². The SMILES string of the molecule is CCN(CC)c1ccc(C2SC=C3Sc4nnc(C5CCCCC5)n4N32)cc1. The van der Waals surface area contributed by atoms with Crippen molar-refractivity contribution in [3.63, 3.8) is 0 Å². The van der Waals surface area contributed by atoms with E-state index in [0.29, 0.717) is 5.92 Å². The molecule has 0 radical (unpaired) electrons. The first-order valence-corrected chi connectivity index (χ1v) is 12.2. The fourth-order valence-electron chi connectivity index (χ4n) is 4.53. The second kappa shape index (κ2) is 7.67. The predicted octanol–water partition coefficient (Wildman–Crippen LogP) is 5.46. The number of hydrogen-bond donors (Lipinski definition) is 0. The Morgan fingerprint density at radius 1 is 1.04 bits per heavy atom. The van der Waals surface area contributed by atoms with Crippen LogP contribution in [0.1, 0.15) is 68.6 Å². The quantitative estimate of drug-likeness (QED) is 0.648. The Morgan fingerprint density at radius 2 is 1.79 bits per heavy atom. The van der Waals surface area contributed by atoms with E-state index in [9.17, 15) is 0 Å². The topological polar surface area (TPSA) is 37.2 Å². The maximum atomic E-state index is 4.62. The molecule has 2 aromatic rings. The lowest BCUT2D eigenvalue weighted by Crippen LogP contribution is -2.32. The Bertz CT molecular complexity index is 865. The Morgan fingerprint density at radius 3 is 2.50 bits per heavy atom. The van der Waals surface area contributed by atoms with Crippen LogP contribution in [0.2, 0.25) is 0 Å². The van der Waals surface area contributed by atoms with Crippen LogP contribution in [0.5, 0.6) is 0 Å². The van der Waals surface area contributed by atoms with E-state index in [-0.39, 0.29) is 5.37 Å². The van der Waals surface area contributed by atoms with Gasteiger partial charge in [-0.25, -0.2) is 4.68 Å². The van der Waals surface area contributed by atoms with Crippen LogP contribution in [0.15, 0.2) is 39.9 Å².